The number of hydrogen-bond acceptors (Lipinski definition) is 6. The molecule has 94 valence electrons. The standard InChI is InChI=1S/C10H12O6S/c1-17(12,13)16-5-8(11)7-2-3-9-10(4-7)15-6-14-9/h2-4,8,11H,5-6H2,1H3. The van der Waals surface area contributed by atoms with Crippen LogP contribution < -0.4 is 9.47 Å². The highest BCUT2D eigenvalue weighted by Crippen LogP contribution is 2.34. The average Bonchev–Trinajstić information content (AvgIpc) is 2.71. The molecule has 2 rings (SSSR count). The predicted molar refractivity (Wildman–Crippen MR) is 58.3 cm³/mol. The Hall–Kier alpha value is -1.31. The molecular weight excluding hydrogens is 248 g/mol. The van der Waals surface area contributed by atoms with Crippen molar-refractivity contribution < 1.29 is 27.2 Å². The van der Waals surface area contributed by atoms with Crippen LogP contribution in [0.1, 0.15) is 11.7 Å². The van der Waals surface area contributed by atoms with E-state index in [1.165, 1.54) is 0 Å². The number of ether oxygens (including phenoxy) is 2. The molecule has 1 unspecified atom stereocenters. The molecule has 0 amide bonds. The van der Waals surface area contributed by atoms with E-state index in [0.717, 1.165) is 6.26 Å². The molecular formula is C10H12O6S. The van der Waals surface area contributed by atoms with E-state index in [1.807, 2.05) is 0 Å². The van der Waals surface area contributed by atoms with Crippen LogP contribution in [0.3, 0.4) is 0 Å². The molecule has 0 saturated heterocycles. The van der Waals surface area contributed by atoms with Gasteiger partial charge in [-0.2, -0.15) is 8.42 Å². The second-order valence-electron chi connectivity index (χ2n) is 3.62. The van der Waals surface area contributed by atoms with Crippen molar-refractivity contribution in [2.45, 2.75) is 6.10 Å². The Morgan fingerprint density at radius 3 is 2.82 bits per heavy atom. The van der Waals surface area contributed by atoms with Gasteiger partial charge >= 0.3 is 0 Å². The van der Waals surface area contributed by atoms with E-state index in [9.17, 15) is 13.5 Å². The summed E-state index contributed by atoms with van der Waals surface area (Å²) in [5, 5.41) is 9.73. The third-order valence-electron chi connectivity index (χ3n) is 2.22. The number of benzene rings is 1. The minimum absolute atomic E-state index is 0.148. The molecule has 6 nitrogen and oxygen atoms in total. The maximum absolute atomic E-state index is 10.8. The maximum Gasteiger partial charge on any atom is 0.264 e. The summed E-state index contributed by atoms with van der Waals surface area (Å²) >= 11 is 0. The molecule has 1 aliphatic rings. The summed E-state index contributed by atoms with van der Waals surface area (Å²) in [6.45, 7) is -0.173. The molecule has 17 heavy (non-hydrogen) atoms. The topological polar surface area (TPSA) is 82.1 Å². The van der Waals surface area contributed by atoms with E-state index in [2.05, 4.69) is 4.18 Å². The number of rotatable bonds is 4. The van der Waals surface area contributed by atoms with Crippen LogP contribution in [0.15, 0.2) is 18.2 Å². The van der Waals surface area contributed by atoms with Crippen molar-refractivity contribution >= 4 is 10.1 Å². The van der Waals surface area contributed by atoms with Gasteiger partial charge in [-0.3, -0.25) is 4.18 Å². The lowest BCUT2D eigenvalue weighted by Crippen LogP contribution is -2.11. The van der Waals surface area contributed by atoms with Crippen LogP contribution >= 0.6 is 0 Å². The zero-order chi connectivity index (χ0) is 12.5. The average molecular weight is 260 g/mol. The number of aliphatic hydroxyl groups excluding tert-OH is 1. The van der Waals surface area contributed by atoms with Crippen LogP contribution in [-0.4, -0.2) is 33.2 Å². The summed E-state index contributed by atoms with van der Waals surface area (Å²) in [7, 11) is -3.55. The monoisotopic (exact) mass is 260 g/mol. The van der Waals surface area contributed by atoms with Crippen LogP contribution in [0.5, 0.6) is 11.5 Å². The Morgan fingerprint density at radius 1 is 1.41 bits per heavy atom. The molecule has 1 aromatic rings. The molecule has 0 bridgehead atoms. The summed E-state index contributed by atoms with van der Waals surface area (Å²) in [6, 6.07) is 4.88. The maximum atomic E-state index is 10.8. The Labute approximate surface area is 98.9 Å². The molecule has 1 N–H and O–H groups in total. The van der Waals surface area contributed by atoms with Gasteiger partial charge in [-0.15, -0.1) is 0 Å². The molecule has 0 radical (unpaired) electrons. The van der Waals surface area contributed by atoms with E-state index in [1.54, 1.807) is 18.2 Å². The number of hydrogen-bond donors (Lipinski definition) is 1. The molecule has 0 saturated carbocycles. The molecule has 1 heterocycles. The highest BCUT2D eigenvalue weighted by molar-refractivity contribution is 7.85. The van der Waals surface area contributed by atoms with Crippen LogP contribution in [-0.2, 0) is 14.3 Å². The van der Waals surface area contributed by atoms with Crippen molar-refractivity contribution in [2.24, 2.45) is 0 Å². The van der Waals surface area contributed by atoms with Crippen LogP contribution in [0.4, 0.5) is 0 Å². The van der Waals surface area contributed by atoms with Crippen molar-refractivity contribution in [3.63, 3.8) is 0 Å². The van der Waals surface area contributed by atoms with E-state index >= 15 is 0 Å². The fourth-order valence-electron chi connectivity index (χ4n) is 1.40. The van der Waals surface area contributed by atoms with Crippen molar-refractivity contribution in [3.8, 4) is 11.5 Å². The third-order valence-corrected chi connectivity index (χ3v) is 2.79. The second kappa shape index (κ2) is 4.52. The first-order valence-corrected chi connectivity index (χ1v) is 6.69. The van der Waals surface area contributed by atoms with Gasteiger partial charge < -0.3 is 14.6 Å². The lowest BCUT2D eigenvalue weighted by molar-refractivity contribution is 0.111. The first kappa shape index (κ1) is 12.2. The van der Waals surface area contributed by atoms with Gasteiger partial charge in [0.25, 0.3) is 10.1 Å². The Bertz CT molecular complexity index is 510. The zero-order valence-electron chi connectivity index (χ0n) is 9.12. The minimum atomic E-state index is -3.55. The Balaban J connectivity index is 2.07. The van der Waals surface area contributed by atoms with E-state index in [-0.39, 0.29) is 13.4 Å². The highest BCUT2D eigenvalue weighted by atomic mass is 32.2. The Kier molecular flexibility index (Phi) is 3.23. The fraction of sp³-hybridized carbons (Fsp3) is 0.400. The van der Waals surface area contributed by atoms with Crippen LogP contribution in [0.2, 0.25) is 0 Å². The van der Waals surface area contributed by atoms with Crippen LogP contribution in [0, 0.1) is 0 Å². The molecule has 0 fully saturated rings. The summed E-state index contributed by atoms with van der Waals surface area (Å²) in [4.78, 5) is 0. The third kappa shape index (κ3) is 3.09. The zero-order valence-corrected chi connectivity index (χ0v) is 9.94. The van der Waals surface area contributed by atoms with Gasteiger partial charge in [0.05, 0.1) is 12.9 Å². The summed E-state index contributed by atoms with van der Waals surface area (Å²) < 4.78 is 36.3. The van der Waals surface area contributed by atoms with Gasteiger partial charge in [-0.25, -0.2) is 0 Å². The SMILES string of the molecule is CS(=O)(=O)OCC(O)c1ccc2c(c1)OCO2. The number of aliphatic hydroxyl groups is 1. The van der Waals surface area contributed by atoms with Gasteiger partial charge in [-0.05, 0) is 17.7 Å². The van der Waals surface area contributed by atoms with E-state index < -0.39 is 16.2 Å². The molecule has 0 aromatic heterocycles. The summed E-state index contributed by atoms with van der Waals surface area (Å²) in [5.41, 5.74) is 0.512. The van der Waals surface area contributed by atoms with Gasteiger partial charge in [0.2, 0.25) is 6.79 Å². The van der Waals surface area contributed by atoms with Crippen molar-refractivity contribution in [1.82, 2.24) is 0 Å². The Morgan fingerprint density at radius 2 is 2.12 bits per heavy atom. The molecule has 0 aliphatic carbocycles. The van der Waals surface area contributed by atoms with Crippen molar-refractivity contribution in [3.05, 3.63) is 23.8 Å². The van der Waals surface area contributed by atoms with Gasteiger partial charge in [0, 0.05) is 0 Å². The normalized spacial score (nSPS) is 15.9. The van der Waals surface area contributed by atoms with Crippen LogP contribution in [0.25, 0.3) is 0 Å². The highest BCUT2D eigenvalue weighted by Gasteiger charge is 2.17. The molecule has 7 heteroatoms. The summed E-state index contributed by atoms with van der Waals surface area (Å²) in [6.07, 6.45) is -0.0986. The largest absolute Gasteiger partial charge is 0.454 e. The van der Waals surface area contributed by atoms with Gasteiger partial charge in [0.1, 0.15) is 6.10 Å². The molecule has 1 atom stereocenters. The van der Waals surface area contributed by atoms with E-state index in [4.69, 9.17) is 9.47 Å². The first-order valence-electron chi connectivity index (χ1n) is 4.88. The minimum Gasteiger partial charge on any atom is -0.454 e. The molecule has 0 spiro atoms. The molecule has 1 aliphatic heterocycles. The quantitative estimate of drug-likeness (QED) is 0.790. The fourth-order valence-corrected chi connectivity index (χ4v) is 1.78. The van der Waals surface area contributed by atoms with Gasteiger partial charge in [0.15, 0.2) is 11.5 Å². The lowest BCUT2D eigenvalue weighted by Gasteiger charge is -2.10. The van der Waals surface area contributed by atoms with Gasteiger partial charge in [-0.1, -0.05) is 6.07 Å². The van der Waals surface area contributed by atoms with Crippen molar-refractivity contribution in [1.29, 1.82) is 0 Å². The summed E-state index contributed by atoms with van der Waals surface area (Å²) in [5.74, 6) is 1.13. The molecule has 1 aromatic carbocycles. The lowest BCUT2D eigenvalue weighted by atomic mass is 10.1. The first-order chi connectivity index (χ1) is 7.96. The number of fused-ring (bicyclic) bond motifs is 1. The second-order valence-corrected chi connectivity index (χ2v) is 5.26. The van der Waals surface area contributed by atoms with E-state index in [0.29, 0.717) is 17.1 Å². The smallest absolute Gasteiger partial charge is 0.264 e. The predicted octanol–water partition coefficient (Wildman–Crippen LogP) is 0.425. The van der Waals surface area contributed by atoms with Crippen molar-refractivity contribution in [2.75, 3.05) is 19.7 Å².